The Morgan fingerprint density at radius 1 is 0.892 bits per heavy atom. The summed E-state index contributed by atoms with van der Waals surface area (Å²) < 4.78 is 26.9. The zero-order valence-electron chi connectivity index (χ0n) is 20.8. The third kappa shape index (κ3) is 9.55. The minimum atomic E-state index is -0.976. The van der Waals surface area contributed by atoms with E-state index in [4.69, 9.17) is 23.7 Å². The van der Waals surface area contributed by atoms with Crippen molar-refractivity contribution in [1.82, 2.24) is 0 Å². The molecule has 0 heterocycles. The van der Waals surface area contributed by atoms with Crippen molar-refractivity contribution >= 4 is 17.9 Å². The van der Waals surface area contributed by atoms with E-state index in [9.17, 15) is 19.5 Å². The predicted octanol–water partition coefficient (Wildman–Crippen LogP) is 3.89. The molecular weight excluding hydrogens is 480 g/mol. The van der Waals surface area contributed by atoms with Crippen molar-refractivity contribution in [3.05, 3.63) is 83.5 Å². The summed E-state index contributed by atoms with van der Waals surface area (Å²) in [6, 6.07) is 12.9. The summed E-state index contributed by atoms with van der Waals surface area (Å²) in [5.74, 6) is -0.664. The van der Waals surface area contributed by atoms with Crippen LogP contribution in [0.25, 0.3) is 0 Å². The molecule has 0 aromatic heterocycles. The lowest BCUT2D eigenvalue weighted by atomic mass is 10.1. The fraction of sp³-hybridized carbons (Fsp3) is 0.321. The van der Waals surface area contributed by atoms with Gasteiger partial charge in [-0.05, 0) is 61.7 Å². The van der Waals surface area contributed by atoms with Gasteiger partial charge in [-0.2, -0.15) is 0 Å². The number of carbonyl (C=O) groups is 3. The van der Waals surface area contributed by atoms with Crippen LogP contribution in [-0.2, 0) is 30.4 Å². The highest BCUT2D eigenvalue weighted by atomic mass is 16.6. The summed E-state index contributed by atoms with van der Waals surface area (Å²) in [6.45, 7) is 2.67. The first-order valence-corrected chi connectivity index (χ1v) is 11.8. The van der Waals surface area contributed by atoms with E-state index in [1.165, 1.54) is 26.0 Å². The van der Waals surface area contributed by atoms with E-state index in [-0.39, 0.29) is 25.4 Å². The summed E-state index contributed by atoms with van der Waals surface area (Å²) in [5, 5.41) is 9.29. The second kappa shape index (κ2) is 14.0. The number of aliphatic hydroxyl groups is 1. The second-order valence-electron chi connectivity index (χ2n) is 8.25. The minimum Gasteiger partial charge on any atom is -0.465 e. The van der Waals surface area contributed by atoms with Gasteiger partial charge in [0.05, 0.1) is 17.7 Å². The fourth-order valence-electron chi connectivity index (χ4n) is 3.31. The van der Waals surface area contributed by atoms with E-state index in [0.717, 1.165) is 18.4 Å². The molecular formula is C28H30O9. The zero-order valence-corrected chi connectivity index (χ0v) is 20.8. The quantitative estimate of drug-likeness (QED) is 0.258. The molecule has 2 unspecified atom stereocenters. The second-order valence-corrected chi connectivity index (χ2v) is 8.25. The number of hydrogen-bond donors (Lipinski definition) is 1. The van der Waals surface area contributed by atoms with Crippen molar-refractivity contribution < 1.29 is 43.2 Å². The summed E-state index contributed by atoms with van der Waals surface area (Å²) >= 11 is 0. The molecule has 0 spiro atoms. The molecule has 2 atom stereocenters. The number of rotatable bonds is 12. The van der Waals surface area contributed by atoms with Gasteiger partial charge in [0.2, 0.25) is 0 Å². The van der Waals surface area contributed by atoms with Crippen LogP contribution in [0.3, 0.4) is 0 Å². The Morgan fingerprint density at radius 2 is 1.54 bits per heavy atom. The number of allylic oxidation sites excluding steroid dienone is 2. The Morgan fingerprint density at radius 3 is 2.14 bits per heavy atom. The number of benzene rings is 2. The normalized spacial score (nSPS) is 14.2. The topological polar surface area (TPSA) is 118 Å². The van der Waals surface area contributed by atoms with Gasteiger partial charge < -0.3 is 28.8 Å². The van der Waals surface area contributed by atoms with Crippen LogP contribution in [0.2, 0.25) is 0 Å². The van der Waals surface area contributed by atoms with E-state index in [1.807, 2.05) is 12.2 Å². The van der Waals surface area contributed by atoms with Gasteiger partial charge in [0, 0.05) is 6.92 Å². The van der Waals surface area contributed by atoms with Crippen molar-refractivity contribution in [2.24, 2.45) is 0 Å². The van der Waals surface area contributed by atoms with Crippen LogP contribution in [0, 0.1) is 0 Å². The Hall–Kier alpha value is -3.95. The first-order chi connectivity index (χ1) is 17.8. The molecule has 0 saturated heterocycles. The monoisotopic (exact) mass is 510 g/mol. The smallest absolute Gasteiger partial charge is 0.338 e. The van der Waals surface area contributed by atoms with Crippen molar-refractivity contribution in [1.29, 1.82) is 0 Å². The molecule has 1 aliphatic rings. The molecule has 0 bridgehead atoms. The molecule has 196 valence electrons. The maximum absolute atomic E-state index is 12.5. The average Bonchev–Trinajstić information content (AvgIpc) is 2.89. The number of hydrogen-bond acceptors (Lipinski definition) is 9. The van der Waals surface area contributed by atoms with Gasteiger partial charge in [-0.1, -0.05) is 30.4 Å². The van der Waals surface area contributed by atoms with Crippen LogP contribution in [-0.4, -0.2) is 48.6 Å². The van der Waals surface area contributed by atoms with E-state index >= 15 is 0 Å². The largest absolute Gasteiger partial charge is 0.465 e. The van der Waals surface area contributed by atoms with Crippen LogP contribution >= 0.6 is 0 Å². The lowest BCUT2D eigenvalue weighted by Gasteiger charge is -2.19. The number of esters is 3. The van der Waals surface area contributed by atoms with Crippen LogP contribution < -0.4 is 9.47 Å². The van der Waals surface area contributed by atoms with E-state index in [1.54, 1.807) is 42.5 Å². The van der Waals surface area contributed by atoms with Crippen LogP contribution in [0.15, 0.2) is 72.3 Å². The van der Waals surface area contributed by atoms with Crippen LogP contribution in [0.1, 0.15) is 42.6 Å². The molecule has 0 amide bonds. The molecule has 0 aliphatic heterocycles. The van der Waals surface area contributed by atoms with E-state index in [0.29, 0.717) is 17.1 Å². The molecule has 0 saturated carbocycles. The van der Waals surface area contributed by atoms with Gasteiger partial charge >= 0.3 is 17.9 Å². The highest BCUT2D eigenvalue weighted by molar-refractivity contribution is 5.91. The van der Waals surface area contributed by atoms with Crippen molar-refractivity contribution in [3.8, 4) is 11.5 Å². The summed E-state index contributed by atoms with van der Waals surface area (Å²) in [7, 11) is 0. The molecule has 37 heavy (non-hydrogen) atoms. The summed E-state index contributed by atoms with van der Waals surface area (Å²) in [5.41, 5.74) is 1.54. The standard InChI is InChI=1S/C28H30O9/c1-19(29)36-24-12-8-21(9-13-24)16-33-26(17-34-27(31)22-6-4-3-5-7-22)18-35-28(32)23-10-14-25(15-11-23)37-20(2)30/h4,6-15,20,26,30H,3,5,16-18H2,1-2H3. The molecule has 2 aromatic rings. The summed E-state index contributed by atoms with van der Waals surface area (Å²) in [4.78, 5) is 36.0. The Balaban J connectivity index is 1.59. The molecule has 0 radical (unpaired) electrons. The first-order valence-electron chi connectivity index (χ1n) is 11.8. The van der Waals surface area contributed by atoms with Crippen LogP contribution in [0.4, 0.5) is 0 Å². The number of carbonyl (C=O) groups excluding carboxylic acids is 3. The molecule has 2 aromatic carbocycles. The summed E-state index contributed by atoms with van der Waals surface area (Å²) in [6.07, 6.45) is 5.38. The van der Waals surface area contributed by atoms with Gasteiger partial charge in [0.1, 0.15) is 30.8 Å². The van der Waals surface area contributed by atoms with Gasteiger partial charge in [-0.3, -0.25) is 4.79 Å². The Kier molecular flexibility index (Phi) is 10.4. The predicted molar refractivity (Wildman–Crippen MR) is 133 cm³/mol. The van der Waals surface area contributed by atoms with Crippen LogP contribution in [0.5, 0.6) is 11.5 Å². The first kappa shape index (κ1) is 27.6. The highest BCUT2D eigenvalue weighted by Gasteiger charge is 2.19. The average molecular weight is 511 g/mol. The lowest BCUT2D eigenvalue weighted by Crippen LogP contribution is -2.29. The Labute approximate surface area is 215 Å². The maximum Gasteiger partial charge on any atom is 0.338 e. The molecule has 9 nitrogen and oxygen atoms in total. The molecule has 0 fully saturated rings. The van der Waals surface area contributed by atoms with Crippen molar-refractivity contribution in [3.63, 3.8) is 0 Å². The van der Waals surface area contributed by atoms with Gasteiger partial charge in [-0.15, -0.1) is 0 Å². The highest BCUT2D eigenvalue weighted by Crippen LogP contribution is 2.17. The zero-order chi connectivity index (χ0) is 26.6. The third-order valence-corrected chi connectivity index (χ3v) is 5.10. The van der Waals surface area contributed by atoms with Gasteiger partial charge in [-0.25, -0.2) is 9.59 Å². The Bertz CT molecular complexity index is 1120. The molecule has 9 heteroatoms. The molecule has 1 aliphatic carbocycles. The third-order valence-electron chi connectivity index (χ3n) is 5.10. The van der Waals surface area contributed by atoms with Crippen molar-refractivity contribution in [2.45, 2.75) is 45.7 Å². The number of ether oxygens (including phenoxy) is 5. The van der Waals surface area contributed by atoms with Gasteiger partial charge in [0.15, 0.2) is 6.29 Å². The fourth-order valence-corrected chi connectivity index (χ4v) is 3.31. The SMILES string of the molecule is CC(=O)Oc1ccc(COC(COC(=O)C2=CCCC=C2)COC(=O)c2ccc(OC(C)O)cc2)cc1. The maximum atomic E-state index is 12.5. The number of aliphatic hydroxyl groups excluding tert-OH is 1. The molecule has 1 N–H and O–H groups in total. The minimum absolute atomic E-state index is 0.121. The van der Waals surface area contributed by atoms with E-state index < -0.39 is 30.3 Å². The molecule has 3 rings (SSSR count). The van der Waals surface area contributed by atoms with E-state index in [2.05, 4.69) is 0 Å². The lowest BCUT2D eigenvalue weighted by molar-refractivity contribution is -0.144. The van der Waals surface area contributed by atoms with Gasteiger partial charge in [0.25, 0.3) is 0 Å². The van der Waals surface area contributed by atoms with Crippen molar-refractivity contribution in [2.75, 3.05) is 13.2 Å².